The van der Waals surface area contributed by atoms with Gasteiger partial charge in [0.05, 0.1) is 0 Å². The van der Waals surface area contributed by atoms with Gasteiger partial charge in [0.2, 0.25) is 0 Å². The molecule has 1 N–H and O–H groups in total. The molecule has 3 atom stereocenters. The summed E-state index contributed by atoms with van der Waals surface area (Å²) in [7, 11) is 0. The van der Waals surface area contributed by atoms with E-state index in [4.69, 9.17) is 0 Å². The minimum atomic E-state index is 0.674. The molecule has 0 aromatic heterocycles. The Kier molecular flexibility index (Phi) is 6.41. The molecule has 0 aliphatic heterocycles. The largest absolute Gasteiger partial charge is 0.311 e. The maximum Gasteiger partial charge on any atom is 0.00697 e. The molecule has 0 saturated heterocycles. The quantitative estimate of drug-likeness (QED) is 0.685. The lowest BCUT2D eigenvalue weighted by Gasteiger charge is -2.24. The van der Waals surface area contributed by atoms with Gasteiger partial charge >= 0.3 is 0 Å². The minimum Gasteiger partial charge on any atom is -0.311 e. The van der Waals surface area contributed by atoms with Gasteiger partial charge in [-0.3, -0.25) is 0 Å². The van der Waals surface area contributed by atoms with E-state index in [2.05, 4.69) is 33.0 Å². The lowest BCUT2D eigenvalue weighted by molar-refractivity contribution is 0.344. The molecular weight excluding hydrogens is 194 g/mol. The fraction of sp³-hybridized carbons (Fsp3) is 1.00. The van der Waals surface area contributed by atoms with Crippen LogP contribution in [-0.2, 0) is 0 Å². The SMILES string of the molecule is CCCC1CCCC(NC(C)C(C)C)CC1. The Morgan fingerprint density at radius 2 is 1.81 bits per heavy atom. The Balaban J connectivity index is 2.29. The van der Waals surface area contributed by atoms with E-state index in [1.54, 1.807) is 0 Å². The van der Waals surface area contributed by atoms with E-state index in [0.29, 0.717) is 6.04 Å². The predicted octanol–water partition coefficient (Wildman–Crippen LogP) is 4.37. The van der Waals surface area contributed by atoms with Gasteiger partial charge in [0.1, 0.15) is 0 Å². The first-order valence-electron chi connectivity index (χ1n) is 7.39. The van der Waals surface area contributed by atoms with Crippen molar-refractivity contribution in [2.45, 2.75) is 84.7 Å². The highest BCUT2D eigenvalue weighted by Crippen LogP contribution is 2.27. The van der Waals surface area contributed by atoms with Crippen LogP contribution >= 0.6 is 0 Å². The van der Waals surface area contributed by atoms with Gasteiger partial charge in [-0.25, -0.2) is 0 Å². The van der Waals surface area contributed by atoms with E-state index < -0.39 is 0 Å². The monoisotopic (exact) mass is 225 g/mol. The van der Waals surface area contributed by atoms with Crippen LogP contribution in [0.3, 0.4) is 0 Å². The van der Waals surface area contributed by atoms with Crippen molar-refractivity contribution in [2.75, 3.05) is 0 Å². The molecule has 0 radical (unpaired) electrons. The number of hydrogen-bond acceptors (Lipinski definition) is 1. The van der Waals surface area contributed by atoms with Crippen LogP contribution in [0.1, 0.15) is 72.6 Å². The molecule has 1 nitrogen and oxygen atoms in total. The van der Waals surface area contributed by atoms with E-state index in [0.717, 1.165) is 17.9 Å². The second-order valence-corrected chi connectivity index (χ2v) is 6.06. The Hall–Kier alpha value is -0.0400. The standard InChI is InChI=1S/C15H31N/c1-5-7-14-8-6-9-15(11-10-14)16-13(4)12(2)3/h12-16H,5-11H2,1-4H3. The smallest absolute Gasteiger partial charge is 0.00697 e. The maximum absolute atomic E-state index is 3.82. The maximum atomic E-state index is 3.82. The van der Waals surface area contributed by atoms with Crippen LogP contribution in [0.15, 0.2) is 0 Å². The molecule has 1 heteroatoms. The summed E-state index contributed by atoms with van der Waals surface area (Å²) in [6, 6.07) is 1.46. The molecule has 0 spiro atoms. The van der Waals surface area contributed by atoms with Gasteiger partial charge in [0, 0.05) is 12.1 Å². The average Bonchev–Trinajstić information content (AvgIpc) is 2.44. The Labute approximate surface area is 102 Å². The first-order valence-corrected chi connectivity index (χ1v) is 7.39. The van der Waals surface area contributed by atoms with E-state index >= 15 is 0 Å². The zero-order valence-electron chi connectivity index (χ0n) is 11.8. The normalized spacial score (nSPS) is 29.1. The summed E-state index contributed by atoms with van der Waals surface area (Å²) in [5.41, 5.74) is 0. The van der Waals surface area contributed by atoms with E-state index in [-0.39, 0.29) is 0 Å². The summed E-state index contributed by atoms with van der Waals surface area (Å²) in [4.78, 5) is 0. The number of rotatable bonds is 5. The van der Waals surface area contributed by atoms with Crippen LogP contribution in [-0.4, -0.2) is 12.1 Å². The van der Waals surface area contributed by atoms with Crippen molar-refractivity contribution in [3.8, 4) is 0 Å². The fourth-order valence-electron chi connectivity index (χ4n) is 2.81. The zero-order chi connectivity index (χ0) is 12.0. The Bertz CT molecular complexity index is 176. The summed E-state index contributed by atoms with van der Waals surface area (Å²) in [6.07, 6.45) is 9.99. The molecule has 0 aromatic rings. The molecule has 1 fully saturated rings. The van der Waals surface area contributed by atoms with Gasteiger partial charge in [0.25, 0.3) is 0 Å². The van der Waals surface area contributed by atoms with Gasteiger partial charge < -0.3 is 5.32 Å². The minimum absolute atomic E-state index is 0.674. The van der Waals surface area contributed by atoms with Crippen molar-refractivity contribution in [3.63, 3.8) is 0 Å². The van der Waals surface area contributed by atoms with Gasteiger partial charge in [-0.1, -0.05) is 46.5 Å². The molecule has 0 amide bonds. The van der Waals surface area contributed by atoms with Crippen molar-refractivity contribution < 1.29 is 0 Å². The lowest BCUT2D eigenvalue weighted by Crippen LogP contribution is -2.39. The van der Waals surface area contributed by atoms with Gasteiger partial charge in [-0.2, -0.15) is 0 Å². The third kappa shape index (κ3) is 4.86. The molecular formula is C15H31N. The highest BCUT2D eigenvalue weighted by molar-refractivity contribution is 4.78. The average molecular weight is 225 g/mol. The molecule has 0 bridgehead atoms. The van der Waals surface area contributed by atoms with E-state index in [1.807, 2.05) is 0 Å². The summed E-state index contributed by atoms with van der Waals surface area (Å²) in [5.74, 6) is 1.78. The highest BCUT2D eigenvalue weighted by atomic mass is 14.9. The van der Waals surface area contributed by atoms with Gasteiger partial charge in [-0.15, -0.1) is 0 Å². The van der Waals surface area contributed by atoms with Crippen LogP contribution < -0.4 is 5.32 Å². The Morgan fingerprint density at radius 3 is 2.44 bits per heavy atom. The molecule has 0 heterocycles. The summed E-state index contributed by atoms with van der Waals surface area (Å²) in [6.45, 7) is 9.28. The molecule has 0 aromatic carbocycles. The molecule has 96 valence electrons. The second kappa shape index (κ2) is 7.32. The summed E-state index contributed by atoms with van der Waals surface area (Å²) >= 11 is 0. The third-order valence-corrected chi connectivity index (χ3v) is 4.28. The first kappa shape index (κ1) is 14.0. The van der Waals surface area contributed by atoms with Crippen molar-refractivity contribution in [3.05, 3.63) is 0 Å². The fourth-order valence-corrected chi connectivity index (χ4v) is 2.81. The summed E-state index contributed by atoms with van der Waals surface area (Å²) < 4.78 is 0. The van der Waals surface area contributed by atoms with Crippen molar-refractivity contribution >= 4 is 0 Å². The van der Waals surface area contributed by atoms with Gasteiger partial charge in [-0.05, 0) is 38.0 Å². The topological polar surface area (TPSA) is 12.0 Å². The van der Waals surface area contributed by atoms with E-state index in [9.17, 15) is 0 Å². The lowest BCUT2D eigenvalue weighted by atomic mass is 9.95. The van der Waals surface area contributed by atoms with E-state index in [1.165, 1.54) is 44.9 Å². The van der Waals surface area contributed by atoms with Gasteiger partial charge in [0.15, 0.2) is 0 Å². The van der Waals surface area contributed by atoms with Crippen molar-refractivity contribution in [2.24, 2.45) is 11.8 Å². The number of nitrogens with one attached hydrogen (secondary N) is 1. The van der Waals surface area contributed by atoms with Crippen LogP contribution in [0, 0.1) is 11.8 Å². The summed E-state index contributed by atoms with van der Waals surface area (Å²) in [5, 5.41) is 3.82. The molecule has 16 heavy (non-hydrogen) atoms. The van der Waals surface area contributed by atoms with Crippen molar-refractivity contribution in [1.29, 1.82) is 0 Å². The molecule has 1 saturated carbocycles. The number of hydrogen-bond donors (Lipinski definition) is 1. The predicted molar refractivity (Wildman–Crippen MR) is 72.7 cm³/mol. The molecule has 1 aliphatic carbocycles. The van der Waals surface area contributed by atoms with Crippen molar-refractivity contribution in [1.82, 2.24) is 5.32 Å². The highest BCUT2D eigenvalue weighted by Gasteiger charge is 2.20. The van der Waals surface area contributed by atoms with Crippen LogP contribution in [0.5, 0.6) is 0 Å². The molecule has 3 unspecified atom stereocenters. The second-order valence-electron chi connectivity index (χ2n) is 6.06. The van der Waals surface area contributed by atoms with Crippen LogP contribution in [0.2, 0.25) is 0 Å². The molecule has 1 aliphatic rings. The third-order valence-electron chi connectivity index (χ3n) is 4.28. The first-order chi connectivity index (χ1) is 7.63. The van der Waals surface area contributed by atoms with Crippen LogP contribution in [0.25, 0.3) is 0 Å². The van der Waals surface area contributed by atoms with Crippen LogP contribution in [0.4, 0.5) is 0 Å². The zero-order valence-corrected chi connectivity index (χ0v) is 11.8. The Morgan fingerprint density at radius 1 is 1.06 bits per heavy atom. The molecule has 1 rings (SSSR count).